The van der Waals surface area contributed by atoms with E-state index in [1.807, 2.05) is 35.2 Å². The van der Waals surface area contributed by atoms with Crippen LogP contribution < -0.4 is 4.90 Å². The molecular weight excluding hydrogens is 294 g/mol. The molecule has 0 saturated heterocycles. The maximum atomic E-state index is 13.2. The highest BCUT2D eigenvalue weighted by atomic mass is 35.5. The summed E-state index contributed by atoms with van der Waals surface area (Å²) in [6.07, 6.45) is 3.98. The summed E-state index contributed by atoms with van der Waals surface area (Å²) in [6.45, 7) is 0.825. The first-order valence-electron chi connectivity index (χ1n) is 7.87. The van der Waals surface area contributed by atoms with Crippen molar-refractivity contribution in [3.8, 4) is 0 Å². The molecule has 0 aromatic heterocycles. The molecule has 3 heteroatoms. The van der Waals surface area contributed by atoms with Crippen molar-refractivity contribution in [2.75, 3.05) is 11.4 Å². The van der Waals surface area contributed by atoms with Crippen molar-refractivity contribution in [3.05, 3.63) is 64.7 Å². The van der Waals surface area contributed by atoms with Crippen LogP contribution >= 0.6 is 11.6 Å². The Morgan fingerprint density at radius 3 is 2.50 bits per heavy atom. The van der Waals surface area contributed by atoms with E-state index in [9.17, 15) is 4.79 Å². The number of amides is 1. The Morgan fingerprint density at radius 2 is 1.77 bits per heavy atom. The molecule has 2 aromatic rings. The number of hydrogen-bond acceptors (Lipinski definition) is 1. The quantitative estimate of drug-likeness (QED) is 0.807. The van der Waals surface area contributed by atoms with Crippen LogP contribution in [0.4, 0.5) is 5.69 Å². The van der Waals surface area contributed by atoms with Gasteiger partial charge in [0.2, 0.25) is 5.91 Å². The molecule has 1 aliphatic carbocycles. The van der Waals surface area contributed by atoms with Crippen LogP contribution in [0.25, 0.3) is 0 Å². The number of halogens is 1. The fraction of sp³-hybridized carbons (Fsp3) is 0.316. The minimum atomic E-state index is -0.324. The van der Waals surface area contributed by atoms with Gasteiger partial charge in [-0.15, -0.1) is 0 Å². The molecule has 0 N–H and O–H groups in total. The summed E-state index contributed by atoms with van der Waals surface area (Å²) in [7, 11) is 0. The van der Waals surface area contributed by atoms with E-state index in [1.54, 1.807) is 0 Å². The lowest BCUT2D eigenvalue weighted by Crippen LogP contribution is -2.42. The third kappa shape index (κ3) is 2.14. The fourth-order valence-electron chi connectivity index (χ4n) is 3.52. The number of fused-ring (bicyclic) bond motifs is 1. The van der Waals surface area contributed by atoms with E-state index in [0.29, 0.717) is 0 Å². The first-order valence-corrected chi connectivity index (χ1v) is 8.24. The number of rotatable bonds is 2. The van der Waals surface area contributed by atoms with Crippen LogP contribution in [0.2, 0.25) is 5.02 Å². The number of nitrogens with zero attached hydrogens (tertiary/aromatic N) is 1. The fourth-order valence-corrected chi connectivity index (χ4v) is 3.65. The topological polar surface area (TPSA) is 20.3 Å². The van der Waals surface area contributed by atoms with Crippen LogP contribution in [0.1, 0.15) is 30.4 Å². The average molecular weight is 312 g/mol. The van der Waals surface area contributed by atoms with Crippen molar-refractivity contribution in [2.24, 2.45) is 0 Å². The average Bonchev–Trinajstić information content (AvgIpc) is 3.36. The molecule has 0 spiro atoms. The van der Waals surface area contributed by atoms with Gasteiger partial charge in [0.05, 0.1) is 5.41 Å². The van der Waals surface area contributed by atoms with E-state index in [2.05, 4.69) is 18.2 Å². The van der Waals surface area contributed by atoms with Gasteiger partial charge in [0, 0.05) is 17.3 Å². The minimum Gasteiger partial charge on any atom is -0.311 e. The molecule has 0 unspecified atom stereocenters. The molecule has 112 valence electrons. The maximum absolute atomic E-state index is 13.2. The molecule has 1 saturated carbocycles. The molecule has 1 aliphatic heterocycles. The highest BCUT2D eigenvalue weighted by Gasteiger charge is 2.53. The molecule has 2 aliphatic rings. The van der Waals surface area contributed by atoms with Crippen molar-refractivity contribution in [3.63, 3.8) is 0 Å². The summed E-state index contributed by atoms with van der Waals surface area (Å²) in [4.78, 5) is 15.2. The first-order chi connectivity index (χ1) is 10.7. The molecule has 4 rings (SSSR count). The van der Waals surface area contributed by atoms with E-state index >= 15 is 0 Å². The lowest BCUT2D eigenvalue weighted by Gasteiger charge is -2.32. The Kier molecular flexibility index (Phi) is 3.23. The third-order valence-electron chi connectivity index (χ3n) is 4.91. The minimum absolute atomic E-state index is 0.252. The van der Waals surface area contributed by atoms with Gasteiger partial charge in [-0.25, -0.2) is 0 Å². The lowest BCUT2D eigenvalue weighted by molar-refractivity contribution is -0.121. The van der Waals surface area contributed by atoms with Gasteiger partial charge in [-0.3, -0.25) is 4.79 Å². The van der Waals surface area contributed by atoms with Crippen molar-refractivity contribution in [1.29, 1.82) is 0 Å². The number of benzene rings is 2. The zero-order valence-corrected chi connectivity index (χ0v) is 13.1. The molecule has 2 nitrogen and oxygen atoms in total. The third-order valence-corrected chi connectivity index (χ3v) is 5.16. The molecule has 0 radical (unpaired) electrons. The predicted octanol–water partition coefficient (Wildman–Crippen LogP) is 4.35. The highest BCUT2D eigenvalue weighted by molar-refractivity contribution is 6.30. The van der Waals surface area contributed by atoms with Crippen LogP contribution in [-0.4, -0.2) is 12.5 Å². The maximum Gasteiger partial charge on any atom is 0.237 e. The first kappa shape index (κ1) is 13.8. The Labute approximate surface area is 135 Å². The van der Waals surface area contributed by atoms with Crippen LogP contribution in [0.5, 0.6) is 0 Å². The highest BCUT2D eigenvalue weighted by Crippen LogP contribution is 2.50. The Balaban J connectivity index is 1.69. The van der Waals surface area contributed by atoms with E-state index in [1.165, 1.54) is 5.56 Å². The predicted molar refractivity (Wildman–Crippen MR) is 89.5 cm³/mol. The molecule has 0 atom stereocenters. The molecule has 0 bridgehead atoms. The Hall–Kier alpha value is -1.80. The number of hydrogen-bond donors (Lipinski definition) is 0. The zero-order valence-electron chi connectivity index (χ0n) is 12.4. The number of aryl methyl sites for hydroxylation is 1. The van der Waals surface area contributed by atoms with Gasteiger partial charge in [0.25, 0.3) is 0 Å². The van der Waals surface area contributed by atoms with Gasteiger partial charge in [-0.05, 0) is 55.0 Å². The standard InChI is InChI=1S/C19H18ClNO/c20-16-9-7-15(8-10-16)19(11-12-19)18(22)21-13-3-5-14-4-1-2-6-17(14)21/h1-2,4,6-10H,3,5,11-13H2. The molecule has 2 aromatic carbocycles. The van der Waals surface area contributed by atoms with Crippen LogP contribution in [0.3, 0.4) is 0 Å². The van der Waals surface area contributed by atoms with Crippen molar-refractivity contribution in [2.45, 2.75) is 31.1 Å². The largest absolute Gasteiger partial charge is 0.311 e. The van der Waals surface area contributed by atoms with Gasteiger partial charge in [0.15, 0.2) is 0 Å². The second-order valence-electron chi connectivity index (χ2n) is 6.28. The summed E-state index contributed by atoms with van der Waals surface area (Å²) in [5.74, 6) is 0.252. The Morgan fingerprint density at radius 1 is 1.05 bits per heavy atom. The number of anilines is 1. The summed E-state index contributed by atoms with van der Waals surface area (Å²) < 4.78 is 0. The number of para-hydroxylation sites is 1. The van der Waals surface area contributed by atoms with Gasteiger partial charge < -0.3 is 4.90 Å². The molecule has 22 heavy (non-hydrogen) atoms. The van der Waals surface area contributed by atoms with Crippen molar-refractivity contribution >= 4 is 23.2 Å². The molecule has 1 amide bonds. The second kappa shape index (κ2) is 5.13. The van der Waals surface area contributed by atoms with Crippen LogP contribution in [0, 0.1) is 0 Å². The van der Waals surface area contributed by atoms with E-state index in [4.69, 9.17) is 11.6 Å². The summed E-state index contributed by atoms with van der Waals surface area (Å²) in [5, 5.41) is 0.718. The van der Waals surface area contributed by atoms with Crippen LogP contribution in [-0.2, 0) is 16.6 Å². The summed E-state index contributed by atoms with van der Waals surface area (Å²) in [5.41, 5.74) is 3.16. The molecular formula is C19H18ClNO. The van der Waals surface area contributed by atoms with Gasteiger partial charge in [-0.2, -0.15) is 0 Å². The molecule has 1 heterocycles. The van der Waals surface area contributed by atoms with Gasteiger partial charge in [-0.1, -0.05) is 41.9 Å². The van der Waals surface area contributed by atoms with Crippen molar-refractivity contribution in [1.82, 2.24) is 0 Å². The van der Waals surface area contributed by atoms with E-state index < -0.39 is 0 Å². The zero-order chi connectivity index (χ0) is 15.2. The second-order valence-corrected chi connectivity index (χ2v) is 6.71. The van der Waals surface area contributed by atoms with Crippen molar-refractivity contribution < 1.29 is 4.79 Å². The lowest BCUT2D eigenvalue weighted by atomic mass is 9.92. The van der Waals surface area contributed by atoms with E-state index in [0.717, 1.165) is 48.5 Å². The molecule has 1 fully saturated rings. The van der Waals surface area contributed by atoms with Gasteiger partial charge in [0.1, 0.15) is 0 Å². The Bertz CT molecular complexity index is 718. The van der Waals surface area contributed by atoms with Gasteiger partial charge >= 0.3 is 0 Å². The monoisotopic (exact) mass is 311 g/mol. The van der Waals surface area contributed by atoms with Crippen LogP contribution in [0.15, 0.2) is 48.5 Å². The number of carbonyl (C=O) groups excluding carboxylic acids is 1. The SMILES string of the molecule is O=C(N1CCCc2ccccc21)C1(c2ccc(Cl)cc2)CC1. The normalized spacial score (nSPS) is 18.7. The summed E-state index contributed by atoms with van der Waals surface area (Å²) in [6, 6.07) is 16.1. The number of carbonyl (C=O) groups is 1. The van der Waals surface area contributed by atoms with E-state index in [-0.39, 0.29) is 11.3 Å². The smallest absolute Gasteiger partial charge is 0.237 e. The summed E-state index contributed by atoms with van der Waals surface area (Å²) >= 11 is 5.98.